The lowest BCUT2D eigenvalue weighted by Crippen LogP contribution is -2.35. The molecule has 1 fully saturated rings. The van der Waals surface area contributed by atoms with E-state index < -0.39 is 45.2 Å². The molecule has 0 unspecified atom stereocenters. The van der Waals surface area contributed by atoms with Crippen molar-refractivity contribution in [2.24, 2.45) is 0 Å². The van der Waals surface area contributed by atoms with Crippen LogP contribution in [0.15, 0.2) is 41.3 Å². The highest BCUT2D eigenvalue weighted by molar-refractivity contribution is 7.89. The first-order valence-electron chi connectivity index (χ1n) is 9.87. The van der Waals surface area contributed by atoms with Gasteiger partial charge in [0.2, 0.25) is 10.0 Å². The molecule has 0 aromatic heterocycles. The van der Waals surface area contributed by atoms with Gasteiger partial charge in [-0.05, 0) is 50.1 Å². The minimum absolute atomic E-state index is 0.00489. The molecule has 1 heterocycles. The van der Waals surface area contributed by atoms with Gasteiger partial charge in [-0.1, -0.05) is 24.1 Å². The number of nitrogens with one attached hydrogen (secondary N) is 1. The summed E-state index contributed by atoms with van der Waals surface area (Å²) in [4.78, 5) is 24.5. The van der Waals surface area contributed by atoms with E-state index in [9.17, 15) is 26.8 Å². The van der Waals surface area contributed by atoms with E-state index in [0.29, 0.717) is 13.1 Å². The molecule has 1 amide bonds. The standard InChI is InChI=1S/C21H21ClF2N2O5S/c1-13(31-21(28)19-16(23)6-5-7-17(19)24)20(27)25-18-12-14(8-9-15(18)22)32(29,30)26-10-3-2-4-11-26/h5-9,12-13H,2-4,10-11H2,1H3,(H,25,27)/t13-/m0/s1. The number of amides is 1. The van der Waals surface area contributed by atoms with E-state index in [1.807, 2.05) is 0 Å². The molecule has 0 aliphatic carbocycles. The average Bonchev–Trinajstić information content (AvgIpc) is 2.75. The van der Waals surface area contributed by atoms with Crippen LogP contribution in [0.5, 0.6) is 0 Å². The normalized spacial score (nSPS) is 15.8. The van der Waals surface area contributed by atoms with Crippen molar-refractivity contribution in [2.75, 3.05) is 18.4 Å². The Kier molecular flexibility index (Phi) is 7.47. The zero-order valence-corrected chi connectivity index (χ0v) is 18.7. The molecule has 2 aromatic rings. The van der Waals surface area contributed by atoms with Crippen LogP contribution in [0.25, 0.3) is 0 Å². The van der Waals surface area contributed by atoms with Gasteiger partial charge in [-0.3, -0.25) is 4.79 Å². The first kappa shape index (κ1) is 24.1. The molecule has 3 rings (SSSR count). The average molecular weight is 487 g/mol. The number of carbonyl (C=O) groups excluding carboxylic acids is 2. The number of hydrogen-bond donors (Lipinski definition) is 1. The number of rotatable bonds is 6. The maximum atomic E-state index is 13.7. The number of anilines is 1. The first-order chi connectivity index (χ1) is 15.1. The van der Waals surface area contributed by atoms with Crippen molar-refractivity contribution in [3.63, 3.8) is 0 Å². The van der Waals surface area contributed by atoms with E-state index in [-0.39, 0.29) is 15.6 Å². The van der Waals surface area contributed by atoms with Crippen LogP contribution in [-0.2, 0) is 19.6 Å². The summed E-state index contributed by atoms with van der Waals surface area (Å²) >= 11 is 6.09. The van der Waals surface area contributed by atoms with Gasteiger partial charge in [-0.15, -0.1) is 0 Å². The molecule has 0 radical (unpaired) electrons. The van der Waals surface area contributed by atoms with E-state index in [4.69, 9.17) is 16.3 Å². The van der Waals surface area contributed by atoms with E-state index in [2.05, 4.69) is 5.32 Å². The van der Waals surface area contributed by atoms with Crippen molar-refractivity contribution < 1.29 is 31.5 Å². The van der Waals surface area contributed by atoms with Gasteiger partial charge in [0.25, 0.3) is 5.91 Å². The topological polar surface area (TPSA) is 92.8 Å². The Morgan fingerprint density at radius 3 is 2.34 bits per heavy atom. The Bertz CT molecular complexity index is 1120. The van der Waals surface area contributed by atoms with Gasteiger partial charge in [0.05, 0.1) is 15.6 Å². The summed E-state index contributed by atoms with van der Waals surface area (Å²) in [6.07, 6.45) is 1.05. The van der Waals surface area contributed by atoms with Gasteiger partial charge in [-0.25, -0.2) is 22.0 Å². The minimum Gasteiger partial charge on any atom is -0.449 e. The molecule has 2 aromatic carbocycles. The van der Waals surface area contributed by atoms with Crippen molar-refractivity contribution in [1.29, 1.82) is 0 Å². The van der Waals surface area contributed by atoms with Crippen LogP contribution in [0.2, 0.25) is 5.02 Å². The number of sulfonamides is 1. The molecule has 7 nitrogen and oxygen atoms in total. The lowest BCUT2D eigenvalue weighted by molar-refractivity contribution is -0.123. The Morgan fingerprint density at radius 2 is 1.72 bits per heavy atom. The summed E-state index contributed by atoms with van der Waals surface area (Å²) < 4.78 is 59.5. The molecular weight excluding hydrogens is 466 g/mol. The minimum atomic E-state index is -3.77. The van der Waals surface area contributed by atoms with E-state index in [1.54, 1.807) is 0 Å². The number of piperidine rings is 1. The fourth-order valence-electron chi connectivity index (χ4n) is 3.22. The smallest absolute Gasteiger partial charge is 0.344 e. The highest BCUT2D eigenvalue weighted by Gasteiger charge is 2.28. The molecule has 1 aliphatic rings. The molecular formula is C21H21ClF2N2O5S. The molecule has 1 N–H and O–H groups in total. The van der Waals surface area contributed by atoms with Crippen LogP contribution in [0.4, 0.5) is 14.5 Å². The maximum absolute atomic E-state index is 13.7. The first-order valence-corrected chi connectivity index (χ1v) is 11.7. The van der Waals surface area contributed by atoms with Gasteiger partial charge in [0.15, 0.2) is 6.10 Å². The van der Waals surface area contributed by atoms with E-state index >= 15 is 0 Å². The van der Waals surface area contributed by atoms with Gasteiger partial charge in [0, 0.05) is 13.1 Å². The molecule has 172 valence electrons. The second-order valence-corrected chi connectivity index (χ2v) is 9.58. The summed E-state index contributed by atoms with van der Waals surface area (Å²) in [5, 5.41) is 2.46. The highest BCUT2D eigenvalue weighted by atomic mass is 35.5. The molecule has 11 heteroatoms. The largest absolute Gasteiger partial charge is 0.449 e. The Hall–Kier alpha value is -2.56. The number of benzene rings is 2. The second kappa shape index (κ2) is 9.93. The summed E-state index contributed by atoms with van der Waals surface area (Å²) in [6, 6.07) is 6.75. The third-order valence-electron chi connectivity index (χ3n) is 4.97. The van der Waals surface area contributed by atoms with Crippen LogP contribution in [-0.4, -0.2) is 43.8 Å². The molecule has 1 atom stereocenters. The lowest BCUT2D eigenvalue weighted by Gasteiger charge is -2.26. The Morgan fingerprint density at radius 1 is 1.09 bits per heavy atom. The maximum Gasteiger partial charge on any atom is 0.344 e. The Balaban J connectivity index is 1.74. The molecule has 32 heavy (non-hydrogen) atoms. The van der Waals surface area contributed by atoms with Crippen molar-refractivity contribution in [3.8, 4) is 0 Å². The van der Waals surface area contributed by atoms with E-state index in [1.165, 1.54) is 29.4 Å². The summed E-state index contributed by atoms with van der Waals surface area (Å²) in [6.45, 7) is 2.02. The van der Waals surface area contributed by atoms with Crippen LogP contribution in [0.3, 0.4) is 0 Å². The third kappa shape index (κ3) is 5.25. The van der Waals surface area contributed by atoms with Crippen LogP contribution < -0.4 is 5.32 Å². The monoisotopic (exact) mass is 486 g/mol. The van der Waals surface area contributed by atoms with Crippen molar-refractivity contribution in [1.82, 2.24) is 4.31 Å². The molecule has 1 aliphatic heterocycles. The van der Waals surface area contributed by atoms with Gasteiger partial charge < -0.3 is 10.1 Å². The summed E-state index contributed by atoms with van der Waals surface area (Å²) in [7, 11) is -3.77. The van der Waals surface area contributed by atoms with Crippen molar-refractivity contribution in [3.05, 3.63) is 58.6 Å². The summed E-state index contributed by atoms with van der Waals surface area (Å²) in [5.41, 5.74) is -0.922. The quantitative estimate of drug-likeness (QED) is 0.623. The lowest BCUT2D eigenvalue weighted by atomic mass is 10.2. The van der Waals surface area contributed by atoms with Crippen LogP contribution >= 0.6 is 11.6 Å². The highest BCUT2D eigenvalue weighted by Crippen LogP contribution is 2.28. The zero-order chi connectivity index (χ0) is 23.5. The number of halogens is 3. The van der Waals surface area contributed by atoms with Gasteiger partial charge >= 0.3 is 5.97 Å². The second-order valence-electron chi connectivity index (χ2n) is 7.24. The predicted octanol–water partition coefficient (Wildman–Crippen LogP) is 3.98. The van der Waals surface area contributed by atoms with Gasteiger partial charge in [-0.2, -0.15) is 4.31 Å². The van der Waals surface area contributed by atoms with Crippen LogP contribution in [0, 0.1) is 11.6 Å². The Labute approximate surface area is 189 Å². The van der Waals surface area contributed by atoms with Crippen molar-refractivity contribution in [2.45, 2.75) is 37.2 Å². The number of nitrogens with zero attached hydrogens (tertiary/aromatic N) is 1. The third-order valence-corrected chi connectivity index (χ3v) is 7.19. The fraction of sp³-hybridized carbons (Fsp3) is 0.333. The molecule has 0 saturated carbocycles. The SMILES string of the molecule is C[C@H](OC(=O)c1c(F)cccc1F)C(=O)Nc1cc(S(=O)(=O)N2CCCCC2)ccc1Cl. The summed E-state index contributed by atoms with van der Waals surface area (Å²) in [5.74, 6) is -4.46. The van der Waals surface area contributed by atoms with E-state index in [0.717, 1.165) is 37.5 Å². The number of carbonyl (C=O) groups is 2. The fourth-order valence-corrected chi connectivity index (χ4v) is 4.92. The predicted molar refractivity (Wildman–Crippen MR) is 114 cm³/mol. The number of esters is 1. The van der Waals surface area contributed by atoms with Crippen molar-refractivity contribution >= 4 is 39.2 Å². The molecule has 1 saturated heterocycles. The number of hydrogen-bond acceptors (Lipinski definition) is 5. The van der Waals surface area contributed by atoms with Gasteiger partial charge in [0.1, 0.15) is 17.2 Å². The van der Waals surface area contributed by atoms with Crippen LogP contribution in [0.1, 0.15) is 36.5 Å². The zero-order valence-electron chi connectivity index (χ0n) is 17.1. The molecule has 0 spiro atoms. The number of ether oxygens (including phenoxy) is 1. The molecule has 0 bridgehead atoms.